The fraction of sp³-hybridized carbons (Fsp3) is 0.714. The Balaban J connectivity index is 1.98. The summed E-state index contributed by atoms with van der Waals surface area (Å²) in [5.74, 6) is 0.865. The van der Waals surface area contributed by atoms with Crippen molar-refractivity contribution in [3.63, 3.8) is 0 Å². The molecule has 1 atom stereocenters. The molecule has 0 aromatic rings. The number of allylic oxidation sites excluding steroid dienone is 3. The first-order valence-electron chi connectivity index (χ1n) is 6.51. The van der Waals surface area contributed by atoms with Crippen molar-refractivity contribution < 1.29 is 0 Å². The lowest BCUT2D eigenvalue weighted by atomic mass is 10.0. The average molecular weight is 220 g/mol. The minimum absolute atomic E-state index is 0.573. The van der Waals surface area contributed by atoms with Gasteiger partial charge in [0.2, 0.25) is 0 Å². The summed E-state index contributed by atoms with van der Waals surface area (Å²) in [5.41, 5.74) is 3.06. The minimum atomic E-state index is 0.573. The van der Waals surface area contributed by atoms with E-state index in [1.165, 1.54) is 25.0 Å². The summed E-state index contributed by atoms with van der Waals surface area (Å²) in [4.78, 5) is 2.51. The summed E-state index contributed by atoms with van der Waals surface area (Å²) in [6.07, 6.45) is 7.49. The Morgan fingerprint density at radius 2 is 2.19 bits per heavy atom. The fourth-order valence-corrected chi connectivity index (χ4v) is 2.38. The van der Waals surface area contributed by atoms with E-state index in [1.54, 1.807) is 5.57 Å². The van der Waals surface area contributed by atoms with Gasteiger partial charge in [0.15, 0.2) is 0 Å². The van der Waals surface area contributed by atoms with Crippen molar-refractivity contribution >= 4 is 0 Å². The van der Waals surface area contributed by atoms with Crippen LogP contribution in [0.5, 0.6) is 0 Å². The van der Waals surface area contributed by atoms with E-state index >= 15 is 0 Å². The van der Waals surface area contributed by atoms with Gasteiger partial charge >= 0.3 is 0 Å². The maximum atomic E-state index is 3.39. The molecule has 1 N–H and O–H groups in total. The molecule has 16 heavy (non-hydrogen) atoms. The Kier molecular flexibility index (Phi) is 3.82. The highest BCUT2D eigenvalue weighted by Crippen LogP contribution is 2.37. The summed E-state index contributed by atoms with van der Waals surface area (Å²) in [5, 5.41) is 3.39. The van der Waals surface area contributed by atoms with Crippen LogP contribution in [0.25, 0.3) is 0 Å². The highest BCUT2D eigenvalue weighted by Gasteiger charge is 2.25. The first-order valence-corrected chi connectivity index (χ1v) is 6.51. The van der Waals surface area contributed by atoms with Gasteiger partial charge in [-0.3, -0.25) is 4.90 Å². The molecule has 1 aliphatic heterocycles. The lowest BCUT2D eigenvalue weighted by Gasteiger charge is -2.24. The van der Waals surface area contributed by atoms with Gasteiger partial charge in [-0.25, -0.2) is 0 Å². The molecule has 1 saturated carbocycles. The maximum Gasteiger partial charge on any atom is 0.0486 e. The van der Waals surface area contributed by atoms with Crippen molar-refractivity contribution in [2.75, 3.05) is 19.8 Å². The van der Waals surface area contributed by atoms with Gasteiger partial charge in [-0.2, -0.15) is 0 Å². The van der Waals surface area contributed by atoms with Gasteiger partial charge in [-0.1, -0.05) is 17.7 Å². The van der Waals surface area contributed by atoms with Gasteiger partial charge in [0.1, 0.15) is 0 Å². The molecule has 1 unspecified atom stereocenters. The molecular weight excluding hydrogens is 196 g/mol. The Bertz CT molecular complexity index is 294. The van der Waals surface area contributed by atoms with Crippen LogP contribution in [0, 0.1) is 5.92 Å². The molecule has 2 nitrogen and oxygen atoms in total. The van der Waals surface area contributed by atoms with Crippen LogP contribution in [0.3, 0.4) is 0 Å². The lowest BCUT2D eigenvalue weighted by Crippen LogP contribution is -2.32. The van der Waals surface area contributed by atoms with Crippen molar-refractivity contribution in [2.45, 2.75) is 39.7 Å². The Labute approximate surface area is 99.4 Å². The number of nitrogens with one attached hydrogen (secondary N) is 1. The SMILES string of the molecule is C/C=C(\C=C(\C)C(C)N1CCNC1)C1CC1. The van der Waals surface area contributed by atoms with E-state index in [4.69, 9.17) is 0 Å². The van der Waals surface area contributed by atoms with Gasteiger partial charge in [-0.15, -0.1) is 0 Å². The van der Waals surface area contributed by atoms with Crippen LogP contribution >= 0.6 is 0 Å². The second-order valence-corrected chi connectivity index (χ2v) is 5.10. The molecule has 90 valence electrons. The number of hydrogen-bond acceptors (Lipinski definition) is 2. The monoisotopic (exact) mass is 220 g/mol. The third-order valence-corrected chi connectivity index (χ3v) is 3.87. The Hall–Kier alpha value is -0.600. The number of rotatable bonds is 4. The molecule has 0 amide bonds. The first kappa shape index (κ1) is 11.9. The predicted octanol–water partition coefficient (Wildman–Crippen LogP) is 2.54. The van der Waals surface area contributed by atoms with E-state index < -0.39 is 0 Å². The molecule has 0 spiro atoms. The fourth-order valence-electron chi connectivity index (χ4n) is 2.38. The van der Waals surface area contributed by atoms with Gasteiger partial charge < -0.3 is 5.32 Å². The normalized spacial score (nSPS) is 26.2. The Morgan fingerprint density at radius 1 is 1.44 bits per heavy atom. The van der Waals surface area contributed by atoms with E-state index in [-0.39, 0.29) is 0 Å². The highest BCUT2D eigenvalue weighted by molar-refractivity contribution is 5.29. The van der Waals surface area contributed by atoms with Crippen LogP contribution in [-0.4, -0.2) is 30.7 Å². The van der Waals surface area contributed by atoms with Gasteiger partial charge in [0.25, 0.3) is 0 Å². The van der Waals surface area contributed by atoms with Gasteiger partial charge in [0.05, 0.1) is 0 Å². The summed E-state index contributed by atoms with van der Waals surface area (Å²) in [7, 11) is 0. The molecule has 1 heterocycles. The van der Waals surface area contributed by atoms with Crippen LogP contribution in [0.15, 0.2) is 23.3 Å². The van der Waals surface area contributed by atoms with Crippen LogP contribution in [0.2, 0.25) is 0 Å². The minimum Gasteiger partial charge on any atom is -0.303 e. The molecule has 0 bridgehead atoms. The van der Waals surface area contributed by atoms with Crippen LogP contribution in [-0.2, 0) is 0 Å². The zero-order valence-corrected chi connectivity index (χ0v) is 10.8. The van der Waals surface area contributed by atoms with E-state index in [0.29, 0.717) is 6.04 Å². The largest absolute Gasteiger partial charge is 0.303 e. The molecule has 2 fully saturated rings. The van der Waals surface area contributed by atoms with E-state index in [9.17, 15) is 0 Å². The molecule has 1 saturated heterocycles. The first-order chi connectivity index (χ1) is 7.72. The zero-order chi connectivity index (χ0) is 11.5. The average Bonchev–Trinajstić information content (AvgIpc) is 2.99. The maximum absolute atomic E-state index is 3.39. The van der Waals surface area contributed by atoms with Crippen LogP contribution < -0.4 is 5.32 Å². The van der Waals surface area contributed by atoms with E-state index in [1.807, 2.05) is 0 Å². The van der Waals surface area contributed by atoms with Gasteiger partial charge in [-0.05, 0) is 45.1 Å². The molecule has 2 heteroatoms. The summed E-state index contributed by atoms with van der Waals surface area (Å²) in [6.45, 7) is 10.1. The standard InChI is InChI=1S/C14H24N2/c1-4-13(14-5-6-14)9-11(2)12(3)16-8-7-15-10-16/h4,9,12,14-15H,5-8,10H2,1-3H3/b11-9-,13-4+. The summed E-state index contributed by atoms with van der Waals surface area (Å²) in [6, 6.07) is 0.573. The predicted molar refractivity (Wildman–Crippen MR) is 69.3 cm³/mol. The van der Waals surface area contributed by atoms with Crippen LogP contribution in [0.4, 0.5) is 0 Å². The molecule has 0 radical (unpaired) electrons. The summed E-state index contributed by atoms with van der Waals surface area (Å²) < 4.78 is 0. The van der Waals surface area contributed by atoms with Crippen molar-refractivity contribution in [1.82, 2.24) is 10.2 Å². The van der Waals surface area contributed by atoms with Crippen molar-refractivity contribution in [3.05, 3.63) is 23.3 Å². The smallest absolute Gasteiger partial charge is 0.0486 e. The molecule has 2 rings (SSSR count). The van der Waals surface area contributed by atoms with E-state index in [0.717, 1.165) is 19.1 Å². The van der Waals surface area contributed by atoms with Crippen molar-refractivity contribution in [1.29, 1.82) is 0 Å². The Morgan fingerprint density at radius 3 is 2.69 bits per heavy atom. The number of nitrogens with zero attached hydrogens (tertiary/aromatic N) is 1. The van der Waals surface area contributed by atoms with Crippen LogP contribution in [0.1, 0.15) is 33.6 Å². The van der Waals surface area contributed by atoms with Gasteiger partial charge in [0, 0.05) is 25.8 Å². The topological polar surface area (TPSA) is 15.3 Å². The highest BCUT2D eigenvalue weighted by atomic mass is 15.3. The second kappa shape index (κ2) is 5.15. The molecular formula is C14H24N2. The molecule has 2 aliphatic rings. The third kappa shape index (κ3) is 2.74. The molecule has 0 aromatic heterocycles. The number of hydrogen-bond donors (Lipinski definition) is 1. The quantitative estimate of drug-likeness (QED) is 0.732. The van der Waals surface area contributed by atoms with Crippen molar-refractivity contribution in [3.8, 4) is 0 Å². The zero-order valence-electron chi connectivity index (χ0n) is 10.8. The lowest BCUT2D eigenvalue weighted by molar-refractivity contribution is 0.286. The molecule has 1 aliphatic carbocycles. The second-order valence-electron chi connectivity index (χ2n) is 5.10. The van der Waals surface area contributed by atoms with E-state index in [2.05, 4.69) is 43.1 Å². The molecule has 0 aromatic carbocycles. The summed E-state index contributed by atoms with van der Waals surface area (Å²) >= 11 is 0. The van der Waals surface area contributed by atoms with Crippen molar-refractivity contribution in [2.24, 2.45) is 5.92 Å². The third-order valence-electron chi connectivity index (χ3n) is 3.87.